The minimum absolute atomic E-state index is 0.295. The average molecular weight is 546 g/mol. The number of aryl methyl sites for hydroxylation is 3. The van der Waals surface area contributed by atoms with E-state index in [1.165, 1.54) is 5.56 Å². The highest BCUT2D eigenvalue weighted by atomic mass is 79.9. The molecular weight excluding hydrogens is 518 g/mol. The topological polar surface area (TPSA) is 64.8 Å². The molecule has 0 bridgehead atoms. The molecule has 1 aromatic heterocycles. The number of aromatic nitrogens is 1. The number of nitrogens with zero attached hydrogens (tertiary/aromatic N) is 2. The molecule has 0 spiro atoms. The van der Waals surface area contributed by atoms with Crippen LogP contribution in [0.15, 0.2) is 82.4 Å². The zero-order valence-electron chi connectivity index (χ0n) is 20.7. The Morgan fingerprint density at radius 2 is 1.69 bits per heavy atom. The van der Waals surface area contributed by atoms with Crippen LogP contribution < -0.4 is 14.9 Å². The molecule has 0 unspecified atom stereocenters. The predicted molar refractivity (Wildman–Crippen MR) is 147 cm³/mol. The number of halogens is 1. The summed E-state index contributed by atoms with van der Waals surface area (Å²) in [4.78, 5) is 12.7. The van der Waals surface area contributed by atoms with E-state index >= 15 is 0 Å². The number of benzene rings is 3. The van der Waals surface area contributed by atoms with Crippen LogP contribution in [0.1, 0.15) is 38.4 Å². The quantitative estimate of drug-likeness (QED) is 0.202. The van der Waals surface area contributed by atoms with Crippen LogP contribution >= 0.6 is 15.9 Å². The number of ether oxygens (including phenoxy) is 2. The minimum Gasteiger partial charge on any atom is -0.493 e. The second-order valence-corrected chi connectivity index (χ2v) is 9.35. The van der Waals surface area contributed by atoms with Gasteiger partial charge in [-0.15, -0.1) is 0 Å². The highest BCUT2D eigenvalue weighted by molar-refractivity contribution is 9.10. The van der Waals surface area contributed by atoms with Crippen molar-refractivity contribution in [3.8, 4) is 17.2 Å². The lowest BCUT2D eigenvalue weighted by Gasteiger charge is -2.13. The Balaban J connectivity index is 1.45. The number of rotatable bonds is 8. The molecule has 3 aromatic carbocycles. The maximum absolute atomic E-state index is 12.7. The Hall–Kier alpha value is -3.84. The third kappa shape index (κ3) is 5.86. The summed E-state index contributed by atoms with van der Waals surface area (Å²) in [6.07, 6.45) is 1.57. The number of carbonyl (C=O) groups is 1. The van der Waals surface area contributed by atoms with Crippen LogP contribution in [0.5, 0.6) is 11.5 Å². The molecule has 1 heterocycles. The largest absolute Gasteiger partial charge is 0.493 e. The van der Waals surface area contributed by atoms with Crippen molar-refractivity contribution in [1.82, 2.24) is 9.99 Å². The number of hydrogen-bond donors (Lipinski definition) is 1. The molecule has 4 rings (SSSR count). The molecule has 0 atom stereocenters. The lowest BCUT2D eigenvalue weighted by Crippen LogP contribution is -2.18. The van der Waals surface area contributed by atoms with E-state index in [0.29, 0.717) is 23.7 Å². The first kappa shape index (κ1) is 25.3. The van der Waals surface area contributed by atoms with E-state index in [2.05, 4.69) is 62.2 Å². The third-order valence-electron chi connectivity index (χ3n) is 5.81. The standard InChI is InChI=1S/C29H28BrN3O3/c1-19-8-12-22(13-9-19)18-36-28-16-26(30)24(15-27(28)35-4)17-31-32-29(34)23-6-5-7-25(14-23)33-20(2)10-11-21(33)3/h5-17H,18H2,1-4H3,(H,32,34)/b31-17-. The molecular formula is C29H28BrN3O3. The van der Waals surface area contributed by atoms with Crippen LogP contribution in [0, 0.1) is 20.8 Å². The number of hydrogen-bond acceptors (Lipinski definition) is 4. The van der Waals surface area contributed by atoms with Crippen molar-refractivity contribution in [3.63, 3.8) is 0 Å². The number of methoxy groups -OCH3 is 1. The number of amides is 1. The zero-order chi connectivity index (χ0) is 25.7. The van der Waals surface area contributed by atoms with Gasteiger partial charge < -0.3 is 14.0 Å². The van der Waals surface area contributed by atoms with E-state index in [4.69, 9.17) is 9.47 Å². The zero-order valence-corrected chi connectivity index (χ0v) is 22.3. The maximum Gasteiger partial charge on any atom is 0.271 e. The van der Waals surface area contributed by atoms with Gasteiger partial charge in [0.15, 0.2) is 11.5 Å². The van der Waals surface area contributed by atoms with Gasteiger partial charge in [-0.1, -0.05) is 35.9 Å². The van der Waals surface area contributed by atoms with Crippen molar-refractivity contribution in [3.05, 3.63) is 111 Å². The summed E-state index contributed by atoms with van der Waals surface area (Å²) in [7, 11) is 1.59. The number of hydrazone groups is 1. The smallest absolute Gasteiger partial charge is 0.271 e. The van der Waals surface area contributed by atoms with Crippen LogP contribution in [-0.2, 0) is 6.61 Å². The first-order valence-electron chi connectivity index (χ1n) is 11.5. The summed E-state index contributed by atoms with van der Waals surface area (Å²) >= 11 is 3.56. The SMILES string of the molecule is COc1cc(/C=N\NC(=O)c2cccc(-n3c(C)ccc3C)c2)c(Br)cc1OCc1ccc(C)cc1. The van der Waals surface area contributed by atoms with Crippen LogP contribution in [0.2, 0.25) is 0 Å². The molecule has 0 saturated heterocycles. The van der Waals surface area contributed by atoms with Gasteiger partial charge in [-0.3, -0.25) is 4.79 Å². The van der Waals surface area contributed by atoms with Crippen molar-refractivity contribution in [2.24, 2.45) is 5.10 Å². The molecule has 1 amide bonds. The summed E-state index contributed by atoms with van der Waals surface area (Å²) in [6.45, 7) is 6.55. The Labute approximate surface area is 219 Å². The molecule has 36 heavy (non-hydrogen) atoms. The Morgan fingerprint density at radius 1 is 0.972 bits per heavy atom. The molecule has 0 aliphatic heterocycles. The van der Waals surface area contributed by atoms with Crippen molar-refractivity contribution in [2.45, 2.75) is 27.4 Å². The van der Waals surface area contributed by atoms with Crippen LogP contribution in [0.4, 0.5) is 0 Å². The Morgan fingerprint density at radius 3 is 2.39 bits per heavy atom. The van der Waals surface area contributed by atoms with Gasteiger partial charge in [0.05, 0.1) is 13.3 Å². The van der Waals surface area contributed by atoms with E-state index in [1.54, 1.807) is 19.4 Å². The molecule has 1 N–H and O–H groups in total. The van der Waals surface area contributed by atoms with Gasteiger partial charge in [-0.05, 0) is 84.7 Å². The first-order chi connectivity index (χ1) is 17.4. The van der Waals surface area contributed by atoms with Gasteiger partial charge in [-0.25, -0.2) is 5.43 Å². The van der Waals surface area contributed by atoms with E-state index in [-0.39, 0.29) is 5.91 Å². The Kier molecular flexibility index (Phi) is 7.90. The van der Waals surface area contributed by atoms with Gasteiger partial charge in [0.25, 0.3) is 5.91 Å². The fourth-order valence-corrected chi connectivity index (χ4v) is 4.28. The molecule has 6 nitrogen and oxygen atoms in total. The van der Waals surface area contributed by atoms with Crippen LogP contribution in [-0.4, -0.2) is 23.8 Å². The summed E-state index contributed by atoms with van der Waals surface area (Å²) in [5.41, 5.74) is 9.28. The summed E-state index contributed by atoms with van der Waals surface area (Å²) in [6, 6.07) is 23.4. The minimum atomic E-state index is -0.295. The van der Waals surface area contributed by atoms with E-state index in [1.807, 2.05) is 56.3 Å². The van der Waals surface area contributed by atoms with Gasteiger partial charge >= 0.3 is 0 Å². The Bertz CT molecular complexity index is 1390. The molecule has 0 saturated carbocycles. The van der Waals surface area contributed by atoms with E-state index in [0.717, 1.165) is 32.7 Å². The molecule has 4 aromatic rings. The first-order valence-corrected chi connectivity index (χ1v) is 12.3. The van der Waals surface area contributed by atoms with Crippen molar-refractivity contribution in [2.75, 3.05) is 7.11 Å². The van der Waals surface area contributed by atoms with E-state index in [9.17, 15) is 4.79 Å². The molecule has 0 fully saturated rings. The van der Waals surface area contributed by atoms with Crippen molar-refractivity contribution < 1.29 is 14.3 Å². The lowest BCUT2D eigenvalue weighted by molar-refractivity contribution is 0.0955. The monoisotopic (exact) mass is 545 g/mol. The highest BCUT2D eigenvalue weighted by Gasteiger charge is 2.11. The third-order valence-corrected chi connectivity index (χ3v) is 6.49. The predicted octanol–water partition coefficient (Wildman–Crippen LogP) is 6.52. The molecule has 184 valence electrons. The lowest BCUT2D eigenvalue weighted by atomic mass is 10.1. The van der Waals surface area contributed by atoms with Crippen molar-refractivity contribution in [1.29, 1.82) is 0 Å². The maximum atomic E-state index is 12.7. The van der Waals surface area contributed by atoms with Gasteiger partial charge in [-0.2, -0.15) is 5.10 Å². The molecule has 0 radical (unpaired) electrons. The normalized spacial score (nSPS) is 11.0. The molecule has 0 aliphatic rings. The van der Waals surface area contributed by atoms with Crippen LogP contribution in [0.25, 0.3) is 5.69 Å². The van der Waals surface area contributed by atoms with Gasteiger partial charge in [0, 0.05) is 32.7 Å². The highest BCUT2D eigenvalue weighted by Crippen LogP contribution is 2.33. The number of carbonyl (C=O) groups excluding carboxylic acids is 1. The fourth-order valence-electron chi connectivity index (χ4n) is 3.85. The van der Waals surface area contributed by atoms with Crippen molar-refractivity contribution >= 4 is 28.1 Å². The van der Waals surface area contributed by atoms with Gasteiger partial charge in [0.1, 0.15) is 6.61 Å². The fraction of sp³-hybridized carbons (Fsp3) is 0.172. The van der Waals surface area contributed by atoms with Crippen LogP contribution in [0.3, 0.4) is 0 Å². The summed E-state index contributed by atoms with van der Waals surface area (Å²) < 4.78 is 14.4. The summed E-state index contributed by atoms with van der Waals surface area (Å²) in [5, 5.41) is 4.16. The van der Waals surface area contributed by atoms with E-state index < -0.39 is 0 Å². The summed E-state index contributed by atoms with van der Waals surface area (Å²) in [5.74, 6) is 0.888. The van der Waals surface area contributed by atoms with Gasteiger partial charge in [0.2, 0.25) is 0 Å². The molecule has 0 aliphatic carbocycles. The molecule has 7 heteroatoms. The number of nitrogens with one attached hydrogen (secondary N) is 1. The average Bonchev–Trinajstić information content (AvgIpc) is 3.22. The second kappa shape index (κ2) is 11.3. The second-order valence-electron chi connectivity index (χ2n) is 8.50.